The minimum absolute atomic E-state index is 0.0463. The number of amides is 1. The first-order valence-corrected chi connectivity index (χ1v) is 12.8. The third kappa shape index (κ3) is 5.31. The average molecular weight is 461 g/mol. The molecule has 8 nitrogen and oxygen atoms in total. The minimum Gasteiger partial charge on any atom is -0.449 e. The van der Waals surface area contributed by atoms with Crippen LogP contribution in [-0.4, -0.2) is 50.6 Å². The van der Waals surface area contributed by atoms with E-state index in [9.17, 15) is 13.2 Å². The van der Waals surface area contributed by atoms with Crippen LogP contribution >= 0.6 is 0 Å². The molecule has 1 aliphatic heterocycles. The number of guanidine groups is 1. The number of nitrogens with zero attached hydrogens (tertiary/aromatic N) is 2. The van der Waals surface area contributed by atoms with E-state index < -0.39 is 15.1 Å². The van der Waals surface area contributed by atoms with Gasteiger partial charge in [0, 0.05) is 23.4 Å². The van der Waals surface area contributed by atoms with Gasteiger partial charge in [0.2, 0.25) is 5.96 Å². The van der Waals surface area contributed by atoms with Crippen molar-refractivity contribution in [1.29, 1.82) is 0 Å². The van der Waals surface area contributed by atoms with Crippen LogP contribution < -0.4 is 10.6 Å². The molecule has 2 N–H and O–H groups in total. The van der Waals surface area contributed by atoms with Crippen molar-refractivity contribution in [1.82, 2.24) is 5.32 Å². The SMILES string of the molecule is CC(C)S(=O)(=O)c1ccc(NC2=NCC(C3CC(COC(=O)NC4(C)CC4)C3)C=N2)cc1. The molecule has 2 saturated carbocycles. The van der Waals surface area contributed by atoms with E-state index in [1.807, 2.05) is 13.1 Å². The highest BCUT2D eigenvalue weighted by Crippen LogP contribution is 2.39. The average Bonchev–Trinajstić information content (AvgIpc) is 3.44. The fraction of sp³-hybridized carbons (Fsp3) is 0.609. The van der Waals surface area contributed by atoms with Crippen LogP contribution in [-0.2, 0) is 14.6 Å². The van der Waals surface area contributed by atoms with Crippen LogP contribution in [0.1, 0.15) is 46.5 Å². The summed E-state index contributed by atoms with van der Waals surface area (Å²) in [4.78, 5) is 21.1. The highest BCUT2D eigenvalue weighted by molar-refractivity contribution is 7.92. The largest absolute Gasteiger partial charge is 0.449 e. The molecule has 1 unspecified atom stereocenters. The van der Waals surface area contributed by atoms with Gasteiger partial charge in [0.1, 0.15) is 0 Å². The maximum atomic E-state index is 12.2. The predicted octanol–water partition coefficient (Wildman–Crippen LogP) is 3.64. The molecule has 0 saturated heterocycles. The van der Waals surface area contributed by atoms with E-state index in [0.717, 1.165) is 31.4 Å². The van der Waals surface area contributed by atoms with E-state index in [0.29, 0.717) is 41.8 Å². The summed E-state index contributed by atoms with van der Waals surface area (Å²) in [6.45, 7) is 6.52. The van der Waals surface area contributed by atoms with Crippen LogP contribution in [0.3, 0.4) is 0 Å². The van der Waals surface area contributed by atoms with Crippen LogP contribution in [0.25, 0.3) is 0 Å². The summed E-state index contributed by atoms with van der Waals surface area (Å²) in [7, 11) is -3.28. The molecule has 3 aliphatic rings. The number of carbonyl (C=O) groups excluding carboxylic acids is 1. The fourth-order valence-corrected chi connectivity index (χ4v) is 5.04. The molecule has 0 aromatic heterocycles. The van der Waals surface area contributed by atoms with Crippen LogP contribution in [0, 0.1) is 17.8 Å². The summed E-state index contributed by atoms with van der Waals surface area (Å²) in [5.41, 5.74) is 0.705. The number of ether oxygens (including phenoxy) is 1. The van der Waals surface area contributed by atoms with Crippen molar-refractivity contribution in [2.45, 2.75) is 62.1 Å². The molecular weight excluding hydrogens is 428 g/mol. The van der Waals surface area contributed by atoms with Gasteiger partial charge in [-0.1, -0.05) is 0 Å². The molecule has 4 rings (SSSR count). The Morgan fingerprint density at radius 1 is 1.22 bits per heavy atom. The molecule has 0 spiro atoms. The molecule has 174 valence electrons. The minimum atomic E-state index is -3.28. The Morgan fingerprint density at radius 3 is 2.47 bits per heavy atom. The van der Waals surface area contributed by atoms with Crippen LogP contribution in [0.4, 0.5) is 10.5 Å². The number of hydrogen-bond donors (Lipinski definition) is 2. The Bertz CT molecular complexity index is 1010. The number of rotatable bonds is 7. The van der Waals surface area contributed by atoms with Gasteiger partial charge in [-0.25, -0.2) is 18.2 Å². The van der Waals surface area contributed by atoms with Crippen LogP contribution in [0.2, 0.25) is 0 Å². The van der Waals surface area contributed by atoms with E-state index >= 15 is 0 Å². The summed E-state index contributed by atoms with van der Waals surface area (Å²) in [6, 6.07) is 6.68. The first kappa shape index (κ1) is 22.8. The number of benzene rings is 1. The second-order valence-electron chi connectivity index (χ2n) is 9.73. The van der Waals surface area contributed by atoms with Gasteiger partial charge in [0.15, 0.2) is 9.84 Å². The van der Waals surface area contributed by atoms with Gasteiger partial charge in [0.05, 0.1) is 23.3 Å². The van der Waals surface area contributed by atoms with E-state index in [1.54, 1.807) is 38.1 Å². The molecule has 1 atom stereocenters. The van der Waals surface area contributed by atoms with Crippen molar-refractivity contribution < 1.29 is 17.9 Å². The quantitative estimate of drug-likeness (QED) is 0.646. The number of nitrogens with one attached hydrogen (secondary N) is 2. The smallest absolute Gasteiger partial charge is 0.407 e. The van der Waals surface area contributed by atoms with Crippen molar-refractivity contribution in [3.05, 3.63) is 24.3 Å². The zero-order chi connectivity index (χ0) is 22.9. The van der Waals surface area contributed by atoms with Gasteiger partial charge >= 0.3 is 6.09 Å². The molecule has 0 bridgehead atoms. The van der Waals surface area contributed by atoms with Crippen molar-refractivity contribution in [3.63, 3.8) is 0 Å². The first-order chi connectivity index (χ1) is 15.1. The van der Waals surface area contributed by atoms with Crippen molar-refractivity contribution >= 4 is 33.8 Å². The Balaban J connectivity index is 1.19. The second kappa shape index (κ2) is 8.84. The highest BCUT2D eigenvalue weighted by Gasteiger charge is 2.40. The van der Waals surface area contributed by atoms with Crippen LogP contribution in [0.15, 0.2) is 39.1 Å². The maximum absolute atomic E-state index is 12.2. The molecule has 1 heterocycles. The van der Waals surface area contributed by atoms with Gasteiger partial charge in [-0.15, -0.1) is 0 Å². The summed E-state index contributed by atoms with van der Waals surface area (Å²) in [5, 5.41) is 5.60. The lowest BCUT2D eigenvalue weighted by Gasteiger charge is -2.39. The third-order valence-corrected chi connectivity index (χ3v) is 8.80. The Hall–Kier alpha value is -2.42. The summed E-state index contributed by atoms with van der Waals surface area (Å²) < 4.78 is 29.8. The number of aliphatic imine (C=N–C) groups is 2. The van der Waals surface area contributed by atoms with E-state index in [-0.39, 0.29) is 11.6 Å². The monoisotopic (exact) mass is 460 g/mol. The number of sulfone groups is 1. The van der Waals surface area contributed by atoms with Crippen molar-refractivity contribution in [2.24, 2.45) is 27.7 Å². The molecule has 0 radical (unpaired) electrons. The third-order valence-electron chi connectivity index (χ3n) is 6.63. The lowest BCUT2D eigenvalue weighted by atomic mass is 9.69. The summed E-state index contributed by atoms with van der Waals surface area (Å²) in [5.74, 6) is 1.76. The maximum Gasteiger partial charge on any atom is 0.407 e. The predicted molar refractivity (Wildman–Crippen MR) is 125 cm³/mol. The van der Waals surface area contributed by atoms with Gasteiger partial charge in [-0.3, -0.25) is 4.99 Å². The molecular formula is C23H32N4O4S. The number of alkyl carbamates (subject to hydrolysis) is 1. The van der Waals surface area contributed by atoms with E-state index in [2.05, 4.69) is 20.6 Å². The van der Waals surface area contributed by atoms with Crippen molar-refractivity contribution in [3.8, 4) is 0 Å². The lowest BCUT2D eigenvalue weighted by molar-refractivity contribution is 0.0642. The Kier molecular flexibility index (Phi) is 6.29. The highest BCUT2D eigenvalue weighted by atomic mass is 32.2. The zero-order valence-corrected chi connectivity index (χ0v) is 19.7. The van der Waals surface area contributed by atoms with Gasteiger partial charge in [0.25, 0.3) is 0 Å². The second-order valence-corrected chi connectivity index (χ2v) is 12.2. The fourth-order valence-electron chi connectivity index (χ4n) is 3.98. The molecule has 2 fully saturated rings. The first-order valence-electron chi connectivity index (χ1n) is 11.3. The molecule has 2 aliphatic carbocycles. The van der Waals surface area contributed by atoms with Crippen LogP contribution in [0.5, 0.6) is 0 Å². The normalized spacial score (nSPS) is 26.1. The molecule has 9 heteroatoms. The summed E-state index contributed by atoms with van der Waals surface area (Å²) >= 11 is 0. The summed E-state index contributed by atoms with van der Waals surface area (Å²) in [6.07, 6.45) is 5.74. The van der Waals surface area contributed by atoms with E-state index in [4.69, 9.17) is 4.74 Å². The topological polar surface area (TPSA) is 109 Å². The molecule has 32 heavy (non-hydrogen) atoms. The van der Waals surface area contributed by atoms with Gasteiger partial charge < -0.3 is 15.4 Å². The Labute approximate surface area is 189 Å². The number of carbonyl (C=O) groups is 1. The standard InChI is InChI=1S/C23H32N4O4S/c1-15(2)32(29,30)20-6-4-19(5-7-20)26-21-24-12-18(13-25-21)17-10-16(11-17)14-31-22(28)27-23(3)8-9-23/h4-7,12,15-18H,8-11,13-14H2,1-3H3,(H,25,26)(H,27,28). The molecule has 1 aromatic rings. The zero-order valence-electron chi connectivity index (χ0n) is 18.9. The van der Waals surface area contributed by atoms with Gasteiger partial charge in [-0.2, -0.15) is 0 Å². The number of hydrogen-bond acceptors (Lipinski definition) is 7. The van der Waals surface area contributed by atoms with Gasteiger partial charge in [-0.05, 0) is 82.6 Å². The van der Waals surface area contributed by atoms with Crippen molar-refractivity contribution in [2.75, 3.05) is 18.5 Å². The Morgan fingerprint density at radius 2 is 1.91 bits per heavy atom. The lowest BCUT2D eigenvalue weighted by Crippen LogP contribution is -2.39. The molecule has 1 amide bonds. The van der Waals surface area contributed by atoms with E-state index in [1.165, 1.54) is 0 Å². The number of anilines is 1. The molecule has 1 aromatic carbocycles.